The lowest BCUT2D eigenvalue weighted by Crippen LogP contribution is -2.70. The molecule has 4 fully saturated rings. The lowest BCUT2D eigenvalue weighted by Gasteiger charge is -2.50. The molecule has 3 aliphatic heterocycles. The maximum absolute atomic E-state index is 13.3. The lowest BCUT2D eigenvalue weighted by atomic mass is 9.86. The van der Waals surface area contributed by atoms with Crippen LogP contribution in [0.25, 0.3) is 0 Å². The van der Waals surface area contributed by atoms with E-state index in [9.17, 15) is 19.2 Å². The number of alkyl carbamates (subject to hydrolysis) is 4. The number of rotatable bonds is 10. The van der Waals surface area contributed by atoms with E-state index in [4.69, 9.17) is 58.8 Å². The third kappa shape index (κ3) is 16.4. The van der Waals surface area contributed by atoms with Gasteiger partial charge in [-0.2, -0.15) is 0 Å². The molecule has 1 unspecified atom stereocenters. The van der Waals surface area contributed by atoms with E-state index < -0.39 is 126 Å². The van der Waals surface area contributed by atoms with Crippen molar-refractivity contribution >= 4 is 24.4 Å². The number of ether oxygens (including phenoxy) is 10. The van der Waals surface area contributed by atoms with Crippen LogP contribution in [0, 0.1) is 0 Å². The van der Waals surface area contributed by atoms with Crippen molar-refractivity contribution in [3.05, 3.63) is 35.9 Å². The van der Waals surface area contributed by atoms with Gasteiger partial charge in [-0.25, -0.2) is 19.2 Å². The Hall–Kier alpha value is -4.02. The van der Waals surface area contributed by atoms with Gasteiger partial charge in [-0.05, 0) is 102 Å². The molecule has 1 aromatic rings. The van der Waals surface area contributed by atoms with Gasteiger partial charge in [-0.15, -0.1) is 0 Å². The third-order valence-corrected chi connectivity index (χ3v) is 10.5. The Morgan fingerprint density at radius 3 is 1.75 bits per heavy atom. The molecule has 20 nitrogen and oxygen atoms in total. The molecule has 4 aliphatic rings. The summed E-state index contributed by atoms with van der Waals surface area (Å²) in [6.07, 6.45) is -8.40. The highest BCUT2D eigenvalue weighted by Crippen LogP contribution is 2.36. The van der Waals surface area contributed by atoms with Gasteiger partial charge in [0.15, 0.2) is 18.9 Å². The maximum Gasteiger partial charge on any atom is 0.408 e. The van der Waals surface area contributed by atoms with Gasteiger partial charge >= 0.3 is 24.4 Å². The summed E-state index contributed by atoms with van der Waals surface area (Å²) < 4.78 is 61.2. The fraction of sp³-hybridized carbons (Fsp3) is 0.778. The minimum atomic E-state index is -1.18. The minimum Gasteiger partial charge on any atom is -0.444 e. The van der Waals surface area contributed by atoms with Crippen LogP contribution < -0.4 is 32.7 Å². The molecule has 0 aromatic heterocycles. The molecule has 0 spiro atoms. The molecule has 368 valence electrons. The third-order valence-electron chi connectivity index (χ3n) is 10.5. The molecule has 1 aromatic carbocycles. The van der Waals surface area contributed by atoms with Crippen molar-refractivity contribution in [2.24, 2.45) is 11.5 Å². The number of carbonyl (C=O) groups excluding carboxylic acids is 4. The Morgan fingerprint density at radius 2 is 1.17 bits per heavy atom. The Kier molecular flexibility index (Phi) is 17.0. The molecule has 65 heavy (non-hydrogen) atoms. The van der Waals surface area contributed by atoms with Gasteiger partial charge in [0.1, 0.15) is 40.7 Å². The lowest BCUT2D eigenvalue weighted by molar-refractivity contribution is -0.335. The van der Waals surface area contributed by atoms with Crippen molar-refractivity contribution in [3.8, 4) is 0 Å². The molecule has 20 heteroatoms. The second-order valence-corrected chi connectivity index (χ2v) is 21.0. The molecular weight excluding hydrogens is 849 g/mol. The first kappa shape index (κ1) is 52.0. The average Bonchev–Trinajstić information content (AvgIpc) is 3.15. The predicted molar refractivity (Wildman–Crippen MR) is 235 cm³/mol. The molecule has 3 heterocycles. The summed E-state index contributed by atoms with van der Waals surface area (Å²) >= 11 is 0. The van der Waals surface area contributed by atoms with Gasteiger partial charge in [0.05, 0.1) is 43.0 Å². The SMILES string of the molecule is CC(C)(C)OC(=O)NC[C@@H]1CC[C@@H](NC(=O)OC(C)(C)C)[C@@H](O[C@H]2C[C@@H](O[C@H]3O[C@@H]4COC(c5ccccc5)O[C@H]4[C@H](N)[C@H]3NC(=O)OC(C)(C)C)[C@H](N)C[C@@H]2NC(=O)OC(C)(C)C)O1. The highest BCUT2D eigenvalue weighted by Gasteiger charge is 2.52. The van der Waals surface area contributed by atoms with Gasteiger partial charge in [0.2, 0.25) is 0 Å². The first-order valence-corrected chi connectivity index (χ1v) is 22.5. The minimum absolute atomic E-state index is 0.0624. The van der Waals surface area contributed by atoms with Gasteiger partial charge in [-0.3, -0.25) is 0 Å². The van der Waals surface area contributed by atoms with E-state index in [0.29, 0.717) is 12.8 Å². The fourth-order valence-electron chi connectivity index (χ4n) is 7.82. The second kappa shape index (κ2) is 21.3. The van der Waals surface area contributed by atoms with Crippen LogP contribution in [0.2, 0.25) is 0 Å². The van der Waals surface area contributed by atoms with E-state index in [1.165, 1.54) is 0 Å². The summed E-state index contributed by atoms with van der Waals surface area (Å²) in [6, 6.07) is 5.37. The molecule has 13 atom stereocenters. The van der Waals surface area contributed by atoms with Crippen LogP contribution in [0.15, 0.2) is 30.3 Å². The summed E-state index contributed by atoms with van der Waals surface area (Å²) in [4.78, 5) is 52.4. The fourth-order valence-corrected chi connectivity index (χ4v) is 7.82. The summed E-state index contributed by atoms with van der Waals surface area (Å²) in [5.41, 5.74) is 11.5. The molecule has 3 saturated heterocycles. The Labute approximate surface area is 382 Å². The Bertz CT molecular complexity index is 1750. The highest BCUT2D eigenvalue weighted by atomic mass is 16.7. The molecule has 1 aliphatic carbocycles. The zero-order chi connectivity index (χ0) is 48.1. The van der Waals surface area contributed by atoms with Crippen molar-refractivity contribution in [2.45, 2.75) is 211 Å². The van der Waals surface area contributed by atoms with E-state index in [2.05, 4.69) is 21.3 Å². The smallest absolute Gasteiger partial charge is 0.408 e. The van der Waals surface area contributed by atoms with Gasteiger partial charge < -0.3 is 80.1 Å². The second-order valence-electron chi connectivity index (χ2n) is 21.0. The number of amides is 4. The maximum atomic E-state index is 13.3. The van der Waals surface area contributed by atoms with Gasteiger partial charge in [-0.1, -0.05) is 30.3 Å². The normalized spacial score (nSPS) is 32.2. The van der Waals surface area contributed by atoms with Crippen LogP contribution in [0.1, 0.15) is 121 Å². The topological polar surface area (TPSA) is 261 Å². The molecule has 0 radical (unpaired) electrons. The first-order chi connectivity index (χ1) is 30.1. The monoisotopic (exact) mass is 923 g/mol. The van der Waals surface area contributed by atoms with E-state index in [1.54, 1.807) is 83.1 Å². The number of benzene rings is 1. The standard InChI is InChI=1S/C45H74N6O14/c1-42(2,3)62-38(52)48-22-25-18-19-27(49-39(53)63-43(4,5)6)36(57-25)59-30-21-29(26(46)20-28(30)50-40(54)64-44(7,8)9)58-37-33(51-41(55)65-45(10,11)12)32(47)34-31(60-37)23-56-35(61-34)24-16-14-13-15-17-24/h13-17,25-37H,18-23,46-47H2,1-12H3,(H,48,52)(H,49,53)(H,50,54)(H,51,55)/t25-,26+,27+,28-,29+,30-,31+,32+,33+,34+,35?,36+,37-/m0/s1. The van der Waals surface area contributed by atoms with Crippen molar-refractivity contribution in [3.63, 3.8) is 0 Å². The van der Waals surface area contributed by atoms with Crippen molar-refractivity contribution < 1.29 is 66.5 Å². The van der Waals surface area contributed by atoms with Gasteiger partial charge in [0.25, 0.3) is 0 Å². The van der Waals surface area contributed by atoms with Crippen molar-refractivity contribution in [1.82, 2.24) is 21.3 Å². The summed E-state index contributed by atoms with van der Waals surface area (Å²) in [5.74, 6) is 0. The Morgan fingerprint density at radius 1 is 0.631 bits per heavy atom. The van der Waals surface area contributed by atoms with E-state index in [1.807, 2.05) is 30.3 Å². The quantitative estimate of drug-likeness (QED) is 0.173. The summed E-state index contributed by atoms with van der Waals surface area (Å²) in [7, 11) is 0. The van der Waals surface area contributed by atoms with Crippen LogP contribution >= 0.6 is 0 Å². The molecular formula is C45H74N6O14. The average molecular weight is 923 g/mol. The largest absolute Gasteiger partial charge is 0.444 e. The molecule has 8 N–H and O–H groups in total. The predicted octanol–water partition coefficient (Wildman–Crippen LogP) is 4.75. The van der Waals surface area contributed by atoms with Crippen LogP contribution in [-0.4, -0.2) is 133 Å². The van der Waals surface area contributed by atoms with Crippen molar-refractivity contribution in [2.75, 3.05) is 13.2 Å². The summed E-state index contributed by atoms with van der Waals surface area (Å²) in [5, 5.41) is 11.4. The molecule has 4 amide bonds. The zero-order valence-corrected chi connectivity index (χ0v) is 40.0. The van der Waals surface area contributed by atoms with Gasteiger partial charge in [0, 0.05) is 24.6 Å². The van der Waals surface area contributed by atoms with Crippen LogP contribution in [0.5, 0.6) is 0 Å². The Balaban J connectivity index is 1.41. The number of fused-ring (bicyclic) bond motifs is 1. The van der Waals surface area contributed by atoms with E-state index in [0.717, 1.165) is 5.56 Å². The number of hydrogen-bond donors (Lipinski definition) is 6. The molecule has 0 bridgehead atoms. The zero-order valence-electron chi connectivity index (χ0n) is 40.0. The van der Waals surface area contributed by atoms with E-state index >= 15 is 0 Å². The van der Waals surface area contributed by atoms with E-state index in [-0.39, 0.29) is 26.0 Å². The van der Waals surface area contributed by atoms with Crippen LogP contribution in [0.3, 0.4) is 0 Å². The van der Waals surface area contributed by atoms with Crippen LogP contribution in [-0.2, 0) is 47.4 Å². The first-order valence-electron chi connectivity index (χ1n) is 22.5. The number of nitrogens with two attached hydrogens (primary N) is 2. The number of hydrogen-bond acceptors (Lipinski definition) is 16. The summed E-state index contributed by atoms with van der Waals surface area (Å²) in [6.45, 7) is 21.2. The molecule has 1 saturated carbocycles. The number of nitrogens with one attached hydrogen (secondary N) is 4. The number of carbonyl (C=O) groups is 4. The van der Waals surface area contributed by atoms with Crippen LogP contribution in [0.4, 0.5) is 19.2 Å². The van der Waals surface area contributed by atoms with Crippen molar-refractivity contribution in [1.29, 1.82) is 0 Å². The molecule has 5 rings (SSSR count). The highest BCUT2D eigenvalue weighted by molar-refractivity contribution is 5.69.